The lowest BCUT2D eigenvalue weighted by Crippen LogP contribution is -2.48. The van der Waals surface area contributed by atoms with Crippen molar-refractivity contribution in [1.29, 1.82) is 0 Å². The smallest absolute Gasteiger partial charge is 0.330 e. The fourth-order valence-corrected chi connectivity index (χ4v) is 3.80. The van der Waals surface area contributed by atoms with Gasteiger partial charge in [-0.2, -0.15) is 0 Å². The Morgan fingerprint density at radius 2 is 1.39 bits per heavy atom. The number of rotatable bonds is 7. The van der Waals surface area contributed by atoms with E-state index >= 15 is 0 Å². The van der Waals surface area contributed by atoms with Crippen LogP contribution < -0.4 is 10.9 Å². The van der Waals surface area contributed by atoms with E-state index in [4.69, 9.17) is 16.3 Å². The van der Waals surface area contributed by atoms with E-state index in [9.17, 15) is 24.0 Å². The molecular formula is C26H20ClN3O6. The van der Waals surface area contributed by atoms with E-state index in [0.29, 0.717) is 10.6 Å². The Hall–Kier alpha value is -4.50. The minimum Gasteiger partial charge on any atom is -0.454 e. The number of benzene rings is 3. The second-order valence-electron chi connectivity index (χ2n) is 7.85. The molecule has 1 aliphatic rings. The number of carbonyl (C=O) groups excluding carboxylic acids is 5. The number of fused-ring (bicyclic) bond motifs is 1. The van der Waals surface area contributed by atoms with Gasteiger partial charge in [-0.1, -0.05) is 54.1 Å². The molecular weight excluding hydrogens is 486 g/mol. The van der Waals surface area contributed by atoms with Crippen LogP contribution in [0.15, 0.2) is 78.9 Å². The second kappa shape index (κ2) is 10.8. The highest BCUT2D eigenvalue weighted by Gasteiger charge is 2.43. The molecule has 3 aromatic carbocycles. The van der Waals surface area contributed by atoms with Gasteiger partial charge in [-0.3, -0.25) is 34.9 Å². The molecule has 4 amide bonds. The molecule has 0 aromatic heterocycles. The predicted molar refractivity (Wildman–Crippen MR) is 129 cm³/mol. The topological polar surface area (TPSA) is 122 Å². The number of halogens is 1. The van der Waals surface area contributed by atoms with Crippen LogP contribution in [0.4, 0.5) is 0 Å². The molecule has 0 aliphatic carbocycles. The van der Waals surface area contributed by atoms with Gasteiger partial charge in [-0.25, -0.2) is 4.79 Å². The molecule has 4 rings (SSSR count). The first-order valence-electron chi connectivity index (χ1n) is 10.9. The maximum absolute atomic E-state index is 13.0. The summed E-state index contributed by atoms with van der Waals surface area (Å²) in [6, 6.07) is 19.8. The lowest BCUT2D eigenvalue weighted by Gasteiger charge is -2.24. The first-order valence-corrected chi connectivity index (χ1v) is 11.2. The maximum Gasteiger partial charge on any atom is 0.330 e. The van der Waals surface area contributed by atoms with Crippen LogP contribution in [-0.2, 0) is 20.7 Å². The van der Waals surface area contributed by atoms with Gasteiger partial charge in [0, 0.05) is 17.0 Å². The van der Waals surface area contributed by atoms with E-state index in [1.54, 1.807) is 42.5 Å². The van der Waals surface area contributed by atoms with Crippen molar-refractivity contribution in [3.63, 3.8) is 0 Å². The van der Waals surface area contributed by atoms with Crippen LogP contribution in [0.1, 0.15) is 36.6 Å². The average molecular weight is 506 g/mol. The van der Waals surface area contributed by atoms with Crippen LogP contribution in [-0.4, -0.2) is 47.1 Å². The molecule has 10 heteroatoms. The number of hydrazine groups is 1. The fourth-order valence-electron chi connectivity index (χ4n) is 3.68. The zero-order valence-electron chi connectivity index (χ0n) is 18.8. The van der Waals surface area contributed by atoms with Gasteiger partial charge in [0.1, 0.15) is 6.04 Å². The summed E-state index contributed by atoms with van der Waals surface area (Å²) in [6.45, 7) is -0.742. The Kier molecular flexibility index (Phi) is 7.41. The minimum atomic E-state index is -1.30. The summed E-state index contributed by atoms with van der Waals surface area (Å²) in [7, 11) is 0. The fraction of sp³-hybridized carbons (Fsp3) is 0.115. The number of carbonyl (C=O) groups is 5. The third-order valence-electron chi connectivity index (χ3n) is 5.45. The van der Waals surface area contributed by atoms with Gasteiger partial charge in [-0.15, -0.1) is 0 Å². The molecule has 0 saturated heterocycles. The van der Waals surface area contributed by atoms with Crippen molar-refractivity contribution in [2.45, 2.75) is 12.5 Å². The minimum absolute atomic E-state index is 0.0000631. The highest BCUT2D eigenvalue weighted by molar-refractivity contribution is 6.30. The van der Waals surface area contributed by atoms with E-state index in [0.717, 1.165) is 4.90 Å². The molecule has 36 heavy (non-hydrogen) atoms. The summed E-state index contributed by atoms with van der Waals surface area (Å²) in [6.07, 6.45) is 0.0000631. The molecule has 0 bridgehead atoms. The molecule has 1 heterocycles. The average Bonchev–Trinajstić information content (AvgIpc) is 3.15. The molecule has 9 nitrogen and oxygen atoms in total. The maximum atomic E-state index is 13.0. The number of esters is 1. The summed E-state index contributed by atoms with van der Waals surface area (Å²) < 4.78 is 5.13. The lowest BCUT2D eigenvalue weighted by molar-refractivity contribution is -0.152. The number of nitrogens with zero attached hydrogens (tertiary/aromatic N) is 1. The number of hydrogen-bond acceptors (Lipinski definition) is 6. The molecule has 182 valence electrons. The second-order valence-corrected chi connectivity index (χ2v) is 8.28. The van der Waals surface area contributed by atoms with Crippen LogP contribution in [0.3, 0.4) is 0 Å². The van der Waals surface area contributed by atoms with Gasteiger partial charge >= 0.3 is 5.97 Å². The van der Waals surface area contributed by atoms with Gasteiger partial charge in [0.15, 0.2) is 6.61 Å². The highest BCUT2D eigenvalue weighted by atomic mass is 35.5. The third kappa shape index (κ3) is 5.42. The van der Waals surface area contributed by atoms with E-state index in [2.05, 4.69) is 10.9 Å². The third-order valence-corrected chi connectivity index (χ3v) is 5.70. The monoisotopic (exact) mass is 505 g/mol. The van der Waals surface area contributed by atoms with Crippen LogP contribution in [0, 0.1) is 0 Å². The number of hydrogen-bond donors (Lipinski definition) is 2. The normalized spacial score (nSPS) is 13.1. The van der Waals surface area contributed by atoms with E-state index < -0.39 is 42.2 Å². The van der Waals surface area contributed by atoms with Crippen molar-refractivity contribution >= 4 is 41.2 Å². The van der Waals surface area contributed by atoms with Gasteiger partial charge in [0.25, 0.3) is 23.6 Å². The summed E-state index contributed by atoms with van der Waals surface area (Å²) in [5, 5.41) is 0.450. The Labute approximate surface area is 211 Å². The van der Waals surface area contributed by atoms with Crippen molar-refractivity contribution in [3.8, 4) is 0 Å². The van der Waals surface area contributed by atoms with E-state index in [1.165, 1.54) is 36.4 Å². The SMILES string of the molecule is O=C(COC(=O)[C@H](Cc1ccccc1)N1C(=O)c2ccccc2C1=O)NNC(=O)c1ccc(Cl)cc1. The molecule has 0 saturated carbocycles. The molecule has 0 radical (unpaired) electrons. The molecule has 1 aliphatic heterocycles. The Bertz CT molecular complexity index is 1290. The summed E-state index contributed by atoms with van der Waals surface area (Å²) in [5.41, 5.74) is 5.67. The van der Waals surface area contributed by atoms with Crippen LogP contribution in [0.25, 0.3) is 0 Å². The largest absolute Gasteiger partial charge is 0.454 e. The van der Waals surface area contributed by atoms with Gasteiger partial charge in [0.2, 0.25) is 0 Å². The van der Waals surface area contributed by atoms with Crippen molar-refractivity contribution < 1.29 is 28.7 Å². The molecule has 0 fully saturated rings. The summed E-state index contributed by atoms with van der Waals surface area (Å²) in [5.74, 6) is -3.58. The molecule has 3 aromatic rings. The van der Waals surface area contributed by atoms with Crippen molar-refractivity contribution in [3.05, 3.63) is 106 Å². The van der Waals surface area contributed by atoms with Gasteiger partial charge in [0.05, 0.1) is 11.1 Å². The standard InChI is InChI=1S/C26H20ClN3O6/c27-18-12-10-17(11-13-18)23(32)29-28-22(31)15-36-26(35)21(14-16-6-2-1-3-7-16)30-24(33)19-8-4-5-9-20(19)25(30)34/h1-13,21H,14-15H2,(H,28,31)(H,29,32)/t21-/m0/s1. The first-order chi connectivity index (χ1) is 17.3. The van der Waals surface area contributed by atoms with E-state index in [-0.39, 0.29) is 23.1 Å². The van der Waals surface area contributed by atoms with Crippen molar-refractivity contribution in [1.82, 2.24) is 15.8 Å². The van der Waals surface area contributed by atoms with Gasteiger partial charge < -0.3 is 4.74 Å². The van der Waals surface area contributed by atoms with Gasteiger partial charge in [-0.05, 0) is 42.0 Å². The number of nitrogens with one attached hydrogen (secondary N) is 2. The quantitative estimate of drug-likeness (QED) is 0.289. The number of imide groups is 1. The van der Waals surface area contributed by atoms with E-state index in [1.807, 2.05) is 0 Å². The molecule has 2 N–H and O–H groups in total. The number of amides is 4. The van der Waals surface area contributed by atoms with Crippen LogP contribution in [0.5, 0.6) is 0 Å². The molecule has 1 atom stereocenters. The zero-order chi connectivity index (χ0) is 25.7. The van der Waals surface area contributed by atoms with Crippen molar-refractivity contribution in [2.75, 3.05) is 6.61 Å². The van der Waals surface area contributed by atoms with Crippen LogP contribution in [0.2, 0.25) is 5.02 Å². The number of ether oxygens (including phenoxy) is 1. The lowest BCUT2D eigenvalue weighted by atomic mass is 10.0. The Balaban J connectivity index is 1.42. The Morgan fingerprint density at radius 1 is 0.806 bits per heavy atom. The summed E-state index contributed by atoms with van der Waals surface area (Å²) >= 11 is 5.79. The predicted octanol–water partition coefficient (Wildman–Crippen LogP) is 2.55. The first kappa shape index (κ1) is 24.6. The van der Waals surface area contributed by atoms with Crippen molar-refractivity contribution in [2.24, 2.45) is 0 Å². The highest BCUT2D eigenvalue weighted by Crippen LogP contribution is 2.26. The Morgan fingerprint density at radius 3 is 2.00 bits per heavy atom. The summed E-state index contributed by atoms with van der Waals surface area (Å²) in [4.78, 5) is 64.1. The molecule has 0 unspecified atom stereocenters. The van der Waals surface area contributed by atoms with Crippen LogP contribution >= 0.6 is 11.6 Å². The zero-order valence-corrected chi connectivity index (χ0v) is 19.5. The molecule has 0 spiro atoms.